The number of carbonyl (C=O) groups is 1. The van der Waals surface area contributed by atoms with Crippen LogP contribution >= 0.6 is 11.6 Å². The summed E-state index contributed by atoms with van der Waals surface area (Å²) in [5.74, 6) is -0.822. The van der Waals surface area contributed by atoms with Crippen molar-refractivity contribution in [3.8, 4) is 11.5 Å². The number of benzene rings is 3. The van der Waals surface area contributed by atoms with Crippen LogP contribution in [0.3, 0.4) is 0 Å². The van der Waals surface area contributed by atoms with Gasteiger partial charge in [0.2, 0.25) is 5.96 Å². The number of guanidine groups is 2. The van der Waals surface area contributed by atoms with Gasteiger partial charge in [-0.1, -0.05) is 60.1 Å². The molecule has 0 radical (unpaired) electrons. The summed E-state index contributed by atoms with van der Waals surface area (Å²) in [7, 11) is 0. The summed E-state index contributed by atoms with van der Waals surface area (Å²) in [6, 6.07) is 20.9. The molecule has 0 atom stereocenters. The molecule has 0 spiro atoms. The third-order valence-corrected chi connectivity index (χ3v) is 4.14. The van der Waals surface area contributed by atoms with Crippen molar-refractivity contribution in [2.24, 2.45) is 27.2 Å². The molecule has 0 aliphatic heterocycles. The molecule has 31 heavy (non-hydrogen) atoms. The Morgan fingerprint density at radius 2 is 1.58 bits per heavy atom. The van der Waals surface area contributed by atoms with Gasteiger partial charge in [-0.15, -0.1) is 0 Å². The molecular formula is C22H20ClN5O3. The average Bonchev–Trinajstić information content (AvgIpc) is 2.74. The van der Waals surface area contributed by atoms with Crippen molar-refractivity contribution in [1.82, 2.24) is 0 Å². The van der Waals surface area contributed by atoms with Crippen LogP contribution in [0.15, 0.2) is 82.8 Å². The zero-order chi connectivity index (χ0) is 22.2. The molecule has 0 aromatic heterocycles. The minimum absolute atomic E-state index is 0.0773. The van der Waals surface area contributed by atoms with Gasteiger partial charge in [-0.3, -0.25) is 0 Å². The monoisotopic (exact) mass is 437 g/mol. The van der Waals surface area contributed by atoms with Gasteiger partial charge in [0.25, 0.3) is 0 Å². The number of esters is 1. The lowest BCUT2D eigenvalue weighted by Crippen LogP contribution is -2.26. The molecule has 0 bridgehead atoms. The lowest BCUT2D eigenvalue weighted by molar-refractivity contribution is 0.0728. The van der Waals surface area contributed by atoms with Crippen molar-refractivity contribution in [2.75, 3.05) is 0 Å². The van der Waals surface area contributed by atoms with Crippen LogP contribution in [-0.2, 0) is 6.61 Å². The summed E-state index contributed by atoms with van der Waals surface area (Å²) in [4.78, 5) is 20.4. The number of nitrogens with two attached hydrogens (primary N) is 3. The Bertz CT molecular complexity index is 1110. The summed E-state index contributed by atoms with van der Waals surface area (Å²) in [6.07, 6.45) is 0. The van der Waals surface area contributed by atoms with E-state index in [1.54, 1.807) is 30.3 Å². The molecule has 6 N–H and O–H groups in total. The van der Waals surface area contributed by atoms with Crippen molar-refractivity contribution in [3.05, 3.63) is 88.9 Å². The quantitative estimate of drug-likeness (QED) is 0.234. The van der Waals surface area contributed by atoms with E-state index in [1.165, 1.54) is 12.1 Å². The fourth-order valence-electron chi connectivity index (χ4n) is 2.60. The number of nitrogens with zero attached hydrogens (tertiary/aromatic N) is 2. The highest BCUT2D eigenvalue weighted by Crippen LogP contribution is 2.41. The number of ether oxygens (including phenoxy) is 2. The highest BCUT2D eigenvalue weighted by atomic mass is 35.5. The molecular weight excluding hydrogens is 418 g/mol. The summed E-state index contributed by atoms with van der Waals surface area (Å²) in [5, 5.41) is 0.249. The first kappa shape index (κ1) is 21.7. The summed E-state index contributed by atoms with van der Waals surface area (Å²) >= 11 is 6.22. The lowest BCUT2D eigenvalue weighted by Gasteiger charge is -2.15. The first-order valence-electron chi connectivity index (χ1n) is 9.13. The average molecular weight is 438 g/mol. The predicted molar refractivity (Wildman–Crippen MR) is 121 cm³/mol. The summed E-state index contributed by atoms with van der Waals surface area (Å²) in [6.45, 7) is 0.184. The second kappa shape index (κ2) is 10.1. The normalized spacial score (nSPS) is 10.9. The van der Waals surface area contributed by atoms with E-state index in [-0.39, 0.29) is 40.7 Å². The Balaban J connectivity index is 2.00. The highest BCUT2D eigenvalue weighted by molar-refractivity contribution is 6.31. The van der Waals surface area contributed by atoms with Gasteiger partial charge < -0.3 is 26.7 Å². The fourth-order valence-corrected chi connectivity index (χ4v) is 2.80. The first-order valence-corrected chi connectivity index (χ1v) is 9.51. The number of hydrogen-bond donors (Lipinski definition) is 3. The van der Waals surface area contributed by atoms with Gasteiger partial charge in [-0.05, 0) is 23.8 Å². The Labute approximate surface area is 184 Å². The zero-order valence-corrected chi connectivity index (χ0v) is 17.1. The number of halogens is 1. The molecule has 158 valence electrons. The number of carbonyl (C=O) groups excluding carboxylic acids is 1. The maximum atomic E-state index is 12.6. The zero-order valence-electron chi connectivity index (χ0n) is 16.4. The molecule has 0 unspecified atom stereocenters. The standard InChI is InChI=1S/C22H20ClN5O3/c23-16-11-17(27-22(26)28-21(24)25)19(30-13-14-7-3-1-4-8-14)18(12-16)31-20(29)15-9-5-2-6-10-15/h1-12H,13H2,(H6,24,25,26,27,28). The molecule has 0 heterocycles. The molecule has 9 heteroatoms. The minimum atomic E-state index is -0.584. The molecule has 3 aromatic rings. The van der Waals surface area contributed by atoms with Gasteiger partial charge in [-0.2, -0.15) is 4.99 Å². The van der Waals surface area contributed by atoms with E-state index in [1.807, 2.05) is 30.3 Å². The summed E-state index contributed by atoms with van der Waals surface area (Å²) in [5.41, 5.74) is 17.9. The first-order chi connectivity index (χ1) is 14.9. The number of hydrogen-bond acceptors (Lipinski definition) is 4. The third-order valence-electron chi connectivity index (χ3n) is 3.92. The molecule has 8 nitrogen and oxygen atoms in total. The minimum Gasteiger partial charge on any atom is -0.483 e. The second-order valence-corrected chi connectivity index (χ2v) is 6.73. The largest absolute Gasteiger partial charge is 0.483 e. The van der Waals surface area contributed by atoms with E-state index < -0.39 is 5.97 Å². The van der Waals surface area contributed by atoms with Crippen molar-refractivity contribution in [1.29, 1.82) is 0 Å². The lowest BCUT2D eigenvalue weighted by atomic mass is 10.2. The highest BCUT2D eigenvalue weighted by Gasteiger charge is 2.18. The van der Waals surface area contributed by atoms with E-state index in [9.17, 15) is 4.79 Å². The van der Waals surface area contributed by atoms with Crippen LogP contribution in [0, 0.1) is 0 Å². The maximum Gasteiger partial charge on any atom is 0.343 e. The van der Waals surface area contributed by atoms with Gasteiger partial charge in [0, 0.05) is 11.1 Å². The van der Waals surface area contributed by atoms with E-state index >= 15 is 0 Å². The van der Waals surface area contributed by atoms with Gasteiger partial charge in [0.05, 0.1) is 5.56 Å². The number of rotatable bonds is 6. The molecule has 0 fully saturated rings. The van der Waals surface area contributed by atoms with E-state index in [2.05, 4.69) is 9.98 Å². The van der Waals surface area contributed by atoms with Crippen LogP contribution in [0.1, 0.15) is 15.9 Å². The molecule has 3 rings (SSSR count). The Morgan fingerprint density at radius 1 is 0.935 bits per heavy atom. The van der Waals surface area contributed by atoms with Crippen LogP contribution in [0.2, 0.25) is 5.02 Å². The fraction of sp³-hybridized carbons (Fsp3) is 0.0455. The van der Waals surface area contributed by atoms with Gasteiger partial charge in [-0.25, -0.2) is 9.79 Å². The van der Waals surface area contributed by atoms with Crippen molar-refractivity contribution >= 4 is 35.2 Å². The van der Waals surface area contributed by atoms with Crippen molar-refractivity contribution in [2.45, 2.75) is 6.61 Å². The predicted octanol–water partition coefficient (Wildman–Crippen LogP) is 3.36. The second-order valence-electron chi connectivity index (χ2n) is 6.29. The Kier molecular flexibility index (Phi) is 7.08. The molecule has 0 saturated heterocycles. The van der Waals surface area contributed by atoms with Crippen molar-refractivity contribution < 1.29 is 14.3 Å². The molecule has 3 aromatic carbocycles. The topological polar surface area (TPSA) is 138 Å². The van der Waals surface area contributed by atoms with Gasteiger partial charge >= 0.3 is 5.97 Å². The SMILES string of the molecule is NC(N)=NC(N)=Nc1cc(Cl)cc(OC(=O)c2ccccc2)c1OCc1ccccc1. The van der Waals surface area contributed by atoms with Crippen LogP contribution in [-0.4, -0.2) is 17.9 Å². The van der Waals surface area contributed by atoms with Crippen LogP contribution < -0.4 is 26.7 Å². The Morgan fingerprint density at radius 3 is 2.23 bits per heavy atom. The molecule has 0 amide bonds. The summed E-state index contributed by atoms with van der Waals surface area (Å²) < 4.78 is 11.5. The third kappa shape index (κ3) is 6.22. The number of aliphatic imine (C=N–C) groups is 2. The van der Waals surface area contributed by atoms with E-state index in [0.29, 0.717) is 5.56 Å². The molecule has 0 aliphatic carbocycles. The maximum absolute atomic E-state index is 12.6. The van der Waals surface area contributed by atoms with Crippen LogP contribution in [0.4, 0.5) is 5.69 Å². The van der Waals surface area contributed by atoms with E-state index in [4.69, 9.17) is 38.3 Å². The Hall–Kier alpha value is -4.04. The van der Waals surface area contributed by atoms with Crippen LogP contribution in [0.5, 0.6) is 11.5 Å². The van der Waals surface area contributed by atoms with Gasteiger partial charge in [0.1, 0.15) is 12.3 Å². The van der Waals surface area contributed by atoms with Crippen molar-refractivity contribution in [3.63, 3.8) is 0 Å². The smallest absolute Gasteiger partial charge is 0.343 e. The van der Waals surface area contributed by atoms with Gasteiger partial charge in [0.15, 0.2) is 17.5 Å². The molecule has 0 aliphatic rings. The van der Waals surface area contributed by atoms with E-state index in [0.717, 1.165) is 5.56 Å². The van der Waals surface area contributed by atoms with Crippen LogP contribution in [0.25, 0.3) is 0 Å². The molecule has 0 saturated carbocycles.